The quantitative estimate of drug-likeness (QED) is 0.723. The zero-order valence-electron chi connectivity index (χ0n) is 11.9. The smallest absolute Gasteiger partial charge is 0.226 e. The maximum absolute atomic E-state index is 4.72. The van der Waals surface area contributed by atoms with Gasteiger partial charge >= 0.3 is 0 Å². The minimum atomic E-state index is 0.647. The van der Waals surface area contributed by atoms with Gasteiger partial charge in [0.2, 0.25) is 12.3 Å². The summed E-state index contributed by atoms with van der Waals surface area (Å²) in [5.41, 5.74) is 0. The van der Waals surface area contributed by atoms with Crippen molar-refractivity contribution >= 4 is 33.3 Å². The van der Waals surface area contributed by atoms with Gasteiger partial charge in [-0.15, -0.1) is 11.3 Å². The fraction of sp³-hybridized carbons (Fsp3) is 0.385. The van der Waals surface area contributed by atoms with Crippen LogP contribution in [0.4, 0.5) is 11.8 Å². The van der Waals surface area contributed by atoms with Crippen LogP contribution < -0.4 is 10.6 Å². The molecular weight excluding hydrogens is 288 g/mol. The first-order valence-electron chi connectivity index (χ1n) is 6.77. The summed E-state index contributed by atoms with van der Waals surface area (Å²) in [6.07, 6.45) is 2.02. The van der Waals surface area contributed by atoms with Crippen molar-refractivity contribution in [3.8, 4) is 0 Å². The van der Waals surface area contributed by atoms with Crippen molar-refractivity contribution < 1.29 is 4.52 Å². The van der Waals surface area contributed by atoms with Crippen molar-refractivity contribution in [1.29, 1.82) is 0 Å². The van der Waals surface area contributed by atoms with Gasteiger partial charge in [-0.3, -0.25) is 0 Å². The molecule has 3 heterocycles. The number of fused-ring (bicyclic) bond motifs is 1. The van der Waals surface area contributed by atoms with E-state index in [0.717, 1.165) is 22.6 Å². The number of nitrogens with zero attached hydrogens (tertiary/aromatic N) is 4. The number of anilines is 2. The fourth-order valence-electron chi connectivity index (χ4n) is 2.01. The molecule has 0 fully saturated rings. The van der Waals surface area contributed by atoms with Gasteiger partial charge in [0.15, 0.2) is 5.82 Å². The average molecular weight is 304 g/mol. The molecule has 0 amide bonds. The van der Waals surface area contributed by atoms with Gasteiger partial charge in [0.05, 0.1) is 5.39 Å². The third kappa shape index (κ3) is 3.10. The van der Waals surface area contributed by atoms with Gasteiger partial charge in [0.25, 0.3) is 0 Å². The van der Waals surface area contributed by atoms with Crippen molar-refractivity contribution in [3.05, 3.63) is 23.2 Å². The van der Waals surface area contributed by atoms with E-state index in [4.69, 9.17) is 4.52 Å². The van der Waals surface area contributed by atoms with Crippen LogP contribution in [0.3, 0.4) is 0 Å². The number of aromatic nitrogens is 4. The summed E-state index contributed by atoms with van der Waals surface area (Å²) in [5, 5.41) is 11.3. The average Bonchev–Trinajstić information content (AvgIpc) is 3.07. The molecule has 0 aromatic carbocycles. The van der Waals surface area contributed by atoms with Crippen molar-refractivity contribution in [3.63, 3.8) is 0 Å². The molecule has 3 aromatic rings. The molecule has 0 aliphatic rings. The third-order valence-electron chi connectivity index (χ3n) is 2.90. The number of aryl methyl sites for hydroxylation is 1. The Morgan fingerprint density at radius 2 is 2.19 bits per heavy atom. The molecule has 7 nitrogen and oxygen atoms in total. The van der Waals surface area contributed by atoms with Crippen LogP contribution in [0.25, 0.3) is 10.2 Å². The summed E-state index contributed by atoms with van der Waals surface area (Å²) in [7, 11) is 0. The molecule has 0 atom stereocenters. The largest absolute Gasteiger partial charge is 0.369 e. The number of rotatable bonds is 6. The predicted octanol–water partition coefficient (Wildman–Crippen LogP) is 2.47. The second-order valence-electron chi connectivity index (χ2n) is 4.53. The van der Waals surface area contributed by atoms with Gasteiger partial charge in [-0.25, -0.2) is 4.98 Å². The van der Waals surface area contributed by atoms with Crippen LogP contribution in [0.1, 0.15) is 17.6 Å². The van der Waals surface area contributed by atoms with Crippen LogP contribution in [-0.4, -0.2) is 33.2 Å². The Morgan fingerprint density at radius 3 is 2.95 bits per heavy atom. The summed E-state index contributed by atoms with van der Waals surface area (Å²) in [6.45, 7) is 5.57. The van der Waals surface area contributed by atoms with Gasteiger partial charge in [-0.1, -0.05) is 5.16 Å². The topological polar surface area (TPSA) is 88.8 Å². The molecule has 0 unspecified atom stereocenters. The van der Waals surface area contributed by atoms with Gasteiger partial charge < -0.3 is 15.2 Å². The number of hydrogen-bond acceptors (Lipinski definition) is 8. The van der Waals surface area contributed by atoms with Crippen LogP contribution in [0.2, 0.25) is 0 Å². The minimum Gasteiger partial charge on any atom is -0.369 e. The predicted molar refractivity (Wildman–Crippen MR) is 82.8 cm³/mol. The van der Waals surface area contributed by atoms with E-state index in [-0.39, 0.29) is 0 Å². The maximum Gasteiger partial charge on any atom is 0.226 e. The zero-order valence-corrected chi connectivity index (χ0v) is 12.7. The highest BCUT2D eigenvalue weighted by Gasteiger charge is 2.10. The van der Waals surface area contributed by atoms with Crippen LogP contribution in [0.15, 0.2) is 17.0 Å². The van der Waals surface area contributed by atoms with E-state index >= 15 is 0 Å². The normalized spacial score (nSPS) is 11.0. The van der Waals surface area contributed by atoms with E-state index < -0.39 is 0 Å². The van der Waals surface area contributed by atoms with Crippen LogP contribution in [0, 0.1) is 6.92 Å². The highest BCUT2D eigenvalue weighted by Crippen LogP contribution is 2.29. The maximum atomic E-state index is 4.72. The van der Waals surface area contributed by atoms with Crippen molar-refractivity contribution in [2.45, 2.75) is 20.3 Å². The molecule has 0 saturated carbocycles. The van der Waals surface area contributed by atoms with Crippen molar-refractivity contribution in [2.24, 2.45) is 0 Å². The summed E-state index contributed by atoms with van der Waals surface area (Å²) in [4.78, 5) is 15.3. The lowest BCUT2D eigenvalue weighted by molar-refractivity contribution is 0.410. The van der Waals surface area contributed by atoms with E-state index in [1.54, 1.807) is 11.3 Å². The highest BCUT2D eigenvalue weighted by molar-refractivity contribution is 7.18. The first-order chi connectivity index (χ1) is 10.3. The van der Waals surface area contributed by atoms with Crippen LogP contribution >= 0.6 is 11.3 Å². The standard InChI is InChI=1S/C13H16N6OS/c1-3-14-13-17-11(9-6-8(2)21-12(9)18-13)15-5-4-10-16-7-20-19-10/h6-7H,3-5H2,1-2H3,(H2,14,15,17,18). The molecule has 0 aliphatic carbocycles. The molecule has 0 aliphatic heterocycles. The molecule has 0 radical (unpaired) electrons. The lowest BCUT2D eigenvalue weighted by atomic mass is 10.3. The molecule has 21 heavy (non-hydrogen) atoms. The fourth-order valence-corrected chi connectivity index (χ4v) is 2.89. The van der Waals surface area contributed by atoms with Gasteiger partial charge in [0.1, 0.15) is 10.6 Å². The van der Waals surface area contributed by atoms with E-state index in [0.29, 0.717) is 24.7 Å². The Morgan fingerprint density at radius 1 is 1.29 bits per heavy atom. The second-order valence-corrected chi connectivity index (χ2v) is 5.76. The summed E-state index contributed by atoms with van der Waals surface area (Å²) >= 11 is 1.67. The minimum absolute atomic E-state index is 0.647. The van der Waals surface area contributed by atoms with E-state index in [2.05, 4.69) is 43.7 Å². The Labute approximate surface area is 125 Å². The van der Waals surface area contributed by atoms with Gasteiger partial charge in [0, 0.05) is 24.4 Å². The Balaban J connectivity index is 1.81. The highest BCUT2D eigenvalue weighted by atomic mass is 32.1. The third-order valence-corrected chi connectivity index (χ3v) is 3.84. The Hall–Kier alpha value is -2.22. The zero-order chi connectivity index (χ0) is 14.7. The van der Waals surface area contributed by atoms with Gasteiger partial charge in [-0.2, -0.15) is 9.97 Å². The van der Waals surface area contributed by atoms with Crippen LogP contribution in [-0.2, 0) is 6.42 Å². The molecule has 0 bridgehead atoms. The van der Waals surface area contributed by atoms with Crippen LogP contribution in [0.5, 0.6) is 0 Å². The summed E-state index contributed by atoms with van der Waals surface area (Å²) in [6, 6.07) is 2.10. The van der Waals surface area contributed by atoms with E-state index in [9.17, 15) is 0 Å². The Kier molecular flexibility index (Phi) is 3.96. The first kappa shape index (κ1) is 13.7. The lowest BCUT2D eigenvalue weighted by Crippen LogP contribution is -2.10. The van der Waals surface area contributed by atoms with E-state index in [1.807, 2.05) is 6.92 Å². The molecule has 3 aromatic heterocycles. The monoisotopic (exact) mass is 304 g/mol. The molecule has 2 N–H and O–H groups in total. The van der Waals surface area contributed by atoms with Crippen molar-refractivity contribution in [2.75, 3.05) is 23.7 Å². The molecule has 0 spiro atoms. The van der Waals surface area contributed by atoms with Crippen molar-refractivity contribution in [1.82, 2.24) is 20.1 Å². The SMILES string of the molecule is CCNc1nc(NCCc2ncon2)c2cc(C)sc2n1. The summed E-state index contributed by atoms with van der Waals surface area (Å²) in [5.74, 6) is 2.17. The molecule has 3 rings (SSSR count). The molecule has 8 heteroatoms. The first-order valence-corrected chi connectivity index (χ1v) is 7.59. The van der Waals surface area contributed by atoms with E-state index in [1.165, 1.54) is 11.3 Å². The van der Waals surface area contributed by atoms with Gasteiger partial charge in [-0.05, 0) is 19.9 Å². The number of hydrogen-bond donors (Lipinski definition) is 2. The Bertz CT molecular complexity index is 724. The second kappa shape index (κ2) is 6.04. The molecule has 0 saturated heterocycles. The lowest BCUT2D eigenvalue weighted by Gasteiger charge is -2.08. The number of thiophene rings is 1. The summed E-state index contributed by atoms with van der Waals surface area (Å²) < 4.78 is 4.72. The molecular formula is C13H16N6OS. The number of nitrogens with one attached hydrogen (secondary N) is 2. The molecule has 110 valence electrons.